The first kappa shape index (κ1) is 21.3. The monoisotopic (exact) mass is 433 g/mol. The first-order valence-electron chi connectivity index (χ1n) is 10.6. The molecule has 1 aliphatic heterocycles. The number of nitrogens with one attached hydrogen (secondary N) is 1. The molecule has 1 N–H and O–H groups in total. The highest BCUT2D eigenvalue weighted by molar-refractivity contribution is 5.95. The third-order valence-corrected chi connectivity index (χ3v) is 5.76. The molecule has 0 radical (unpaired) electrons. The number of nitrogens with zero attached hydrogens (tertiary/aromatic N) is 2. The zero-order valence-corrected chi connectivity index (χ0v) is 17.5. The van der Waals surface area contributed by atoms with Crippen LogP contribution >= 0.6 is 0 Å². The van der Waals surface area contributed by atoms with E-state index in [-0.39, 0.29) is 53.3 Å². The van der Waals surface area contributed by atoms with Gasteiger partial charge in [0.25, 0.3) is 0 Å². The summed E-state index contributed by atoms with van der Waals surface area (Å²) < 4.78 is 37.4. The summed E-state index contributed by atoms with van der Waals surface area (Å²) in [6.07, 6.45) is 4.28. The predicted octanol–water partition coefficient (Wildman–Crippen LogP) is 2.90. The van der Waals surface area contributed by atoms with Gasteiger partial charge in [0.1, 0.15) is 17.1 Å². The van der Waals surface area contributed by atoms with Crippen LogP contribution in [0.5, 0.6) is 0 Å². The number of fused-ring (bicyclic) bond motifs is 1. The molecule has 4 rings (SSSR count). The van der Waals surface area contributed by atoms with Crippen molar-refractivity contribution < 1.29 is 23.1 Å². The van der Waals surface area contributed by atoms with Gasteiger partial charge in [-0.2, -0.15) is 0 Å². The number of benzene rings is 1. The zero-order chi connectivity index (χ0) is 22.3. The minimum Gasteiger partial charge on any atom is -0.462 e. The molecule has 7 nitrogen and oxygen atoms in total. The fourth-order valence-corrected chi connectivity index (χ4v) is 4.30. The van der Waals surface area contributed by atoms with Crippen LogP contribution in [0, 0.1) is 11.6 Å². The summed E-state index contributed by atoms with van der Waals surface area (Å²) in [6.45, 7) is 3.83. The minimum absolute atomic E-state index is 0.00130. The zero-order valence-electron chi connectivity index (χ0n) is 17.5. The summed E-state index contributed by atoms with van der Waals surface area (Å²) in [5, 5.41) is 2.63. The largest absolute Gasteiger partial charge is 0.462 e. The molecule has 1 aliphatic carbocycles. The van der Waals surface area contributed by atoms with Crippen molar-refractivity contribution in [2.45, 2.75) is 51.6 Å². The second kappa shape index (κ2) is 8.28. The summed E-state index contributed by atoms with van der Waals surface area (Å²) in [4.78, 5) is 38.1. The molecule has 1 atom stereocenters. The van der Waals surface area contributed by atoms with E-state index in [0.29, 0.717) is 13.0 Å². The molecule has 1 aromatic carbocycles. The van der Waals surface area contributed by atoms with Crippen LogP contribution in [-0.2, 0) is 9.53 Å². The molecule has 166 valence electrons. The lowest BCUT2D eigenvalue weighted by Crippen LogP contribution is -2.47. The number of pyridine rings is 1. The Morgan fingerprint density at radius 1 is 1.26 bits per heavy atom. The number of esters is 1. The summed E-state index contributed by atoms with van der Waals surface area (Å²) in [5.74, 6) is -2.69. The summed E-state index contributed by atoms with van der Waals surface area (Å²) in [5.41, 5.74) is -1.18. The van der Waals surface area contributed by atoms with Gasteiger partial charge in [0.15, 0.2) is 5.82 Å². The van der Waals surface area contributed by atoms with E-state index in [4.69, 9.17) is 4.74 Å². The van der Waals surface area contributed by atoms with Crippen molar-refractivity contribution >= 4 is 28.5 Å². The second-order valence-corrected chi connectivity index (χ2v) is 8.13. The van der Waals surface area contributed by atoms with E-state index in [9.17, 15) is 14.4 Å². The minimum atomic E-state index is -0.867. The number of piperidine rings is 1. The maximum absolute atomic E-state index is 15.8. The van der Waals surface area contributed by atoms with Crippen LogP contribution in [0.2, 0.25) is 0 Å². The molecule has 2 fully saturated rings. The van der Waals surface area contributed by atoms with Crippen LogP contribution in [0.25, 0.3) is 10.9 Å². The number of hydrogen-bond donors (Lipinski definition) is 1. The van der Waals surface area contributed by atoms with E-state index in [2.05, 4.69) is 5.32 Å². The van der Waals surface area contributed by atoms with E-state index >= 15 is 8.78 Å². The molecule has 2 heterocycles. The number of rotatable bonds is 5. The normalized spacial score (nSPS) is 18.8. The quantitative estimate of drug-likeness (QED) is 0.734. The maximum Gasteiger partial charge on any atom is 0.343 e. The van der Waals surface area contributed by atoms with Gasteiger partial charge in [0.05, 0.1) is 17.5 Å². The van der Waals surface area contributed by atoms with E-state index in [0.717, 1.165) is 25.3 Å². The molecule has 31 heavy (non-hydrogen) atoms. The smallest absolute Gasteiger partial charge is 0.343 e. The van der Waals surface area contributed by atoms with E-state index in [1.54, 1.807) is 16.4 Å². The molecule has 1 aromatic heterocycles. The topological polar surface area (TPSA) is 80.6 Å². The number of carbonyl (C=O) groups is 2. The predicted molar refractivity (Wildman–Crippen MR) is 111 cm³/mol. The second-order valence-electron chi connectivity index (χ2n) is 8.13. The highest BCUT2D eigenvalue weighted by Crippen LogP contribution is 2.40. The fraction of sp³-hybridized carbons (Fsp3) is 0.500. The van der Waals surface area contributed by atoms with E-state index in [1.807, 2.05) is 0 Å². The van der Waals surface area contributed by atoms with Crippen LogP contribution in [0.3, 0.4) is 0 Å². The first-order valence-corrected chi connectivity index (χ1v) is 10.6. The third-order valence-electron chi connectivity index (χ3n) is 5.76. The Morgan fingerprint density at radius 2 is 2.00 bits per heavy atom. The lowest BCUT2D eigenvalue weighted by Gasteiger charge is -2.35. The molecule has 1 saturated carbocycles. The van der Waals surface area contributed by atoms with Crippen LogP contribution in [-0.4, -0.2) is 42.2 Å². The molecule has 2 aromatic rings. The Kier molecular flexibility index (Phi) is 5.68. The third kappa shape index (κ3) is 4.00. The number of ether oxygens (including phenoxy) is 1. The molecule has 1 amide bonds. The van der Waals surface area contributed by atoms with Crippen molar-refractivity contribution in [2.24, 2.45) is 0 Å². The van der Waals surface area contributed by atoms with Crippen molar-refractivity contribution in [1.82, 2.24) is 9.88 Å². The SMILES string of the molecule is CCOC(=O)c1cn(C2CC2)c2c(F)c(N3CCCC(NC(C)=O)C3)c(F)cc2c1=O. The van der Waals surface area contributed by atoms with Gasteiger partial charge in [-0.15, -0.1) is 0 Å². The standard InChI is InChI=1S/C22H25F2N3O4/c1-3-31-22(30)16-11-27(14-6-7-14)19-15(21(16)29)9-17(23)20(18(19)24)26-8-4-5-13(10-26)25-12(2)28/h9,11,13-14H,3-8,10H2,1-2H3,(H,25,28). The summed E-state index contributed by atoms with van der Waals surface area (Å²) >= 11 is 0. The van der Waals surface area contributed by atoms with Crippen molar-refractivity contribution in [1.29, 1.82) is 0 Å². The van der Waals surface area contributed by atoms with Crippen LogP contribution in [0.4, 0.5) is 14.5 Å². The van der Waals surface area contributed by atoms with Gasteiger partial charge >= 0.3 is 5.97 Å². The molecule has 0 bridgehead atoms. The van der Waals surface area contributed by atoms with Gasteiger partial charge in [-0.3, -0.25) is 9.59 Å². The molecule has 2 aliphatic rings. The Balaban J connectivity index is 1.85. The van der Waals surface area contributed by atoms with Gasteiger partial charge in [0, 0.05) is 38.3 Å². The number of anilines is 1. The van der Waals surface area contributed by atoms with Crippen LogP contribution < -0.4 is 15.6 Å². The maximum atomic E-state index is 15.8. The van der Waals surface area contributed by atoms with Gasteiger partial charge in [0.2, 0.25) is 11.3 Å². The van der Waals surface area contributed by atoms with Crippen molar-refractivity contribution in [3.8, 4) is 0 Å². The van der Waals surface area contributed by atoms with Crippen molar-refractivity contribution in [3.63, 3.8) is 0 Å². The molecular formula is C22H25F2N3O4. The highest BCUT2D eigenvalue weighted by atomic mass is 19.1. The first-order chi connectivity index (χ1) is 14.8. The Hall–Kier alpha value is -2.97. The number of halogens is 2. The number of carbonyl (C=O) groups excluding carboxylic acids is 2. The Bertz CT molecular complexity index is 1110. The Morgan fingerprint density at radius 3 is 2.65 bits per heavy atom. The average molecular weight is 433 g/mol. The van der Waals surface area contributed by atoms with Crippen molar-refractivity contribution in [2.75, 3.05) is 24.6 Å². The van der Waals surface area contributed by atoms with Gasteiger partial charge in [-0.1, -0.05) is 0 Å². The molecule has 9 heteroatoms. The average Bonchev–Trinajstić information content (AvgIpc) is 3.54. The van der Waals surface area contributed by atoms with Crippen molar-refractivity contribution in [3.05, 3.63) is 39.7 Å². The number of amides is 1. The number of aromatic nitrogens is 1. The van der Waals surface area contributed by atoms with Crippen LogP contribution in [0.1, 0.15) is 55.9 Å². The van der Waals surface area contributed by atoms with Crippen LogP contribution in [0.15, 0.2) is 17.1 Å². The van der Waals surface area contributed by atoms with Gasteiger partial charge < -0.3 is 19.5 Å². The van der Waals surface area contributed by atoms with Gasteiger partial charge in [-0.25, -0.2) is 13.6 Å². The summed E-state index contributed by atoms with van der Waals surface area (Å²) in [6, 6.07) is 0.745. The molecule has 1 unspecified atom stereocenters. The highest BCUT2D eigenvalue weighted by Gasteiger charge is 2.32. The Labute approximate surface area is 178 Å². The molecule has 1 saturated heterocycles. The molecule has 0 spiro atoms. The fourth-order valence-electron chi connectivity index (χ4n) is 4.30. The molecular weight excluding hydrogens is 408 g/mol. The number of hydrogen-bond acceptors (Lipinski definition) is 5. The summed E-state index contributed by atoms with van der Waals surface area (Å²) in [7, 11) is 0. The lowest BCUT2D eigenvalue weighted by atomic mass is 10.0. The van der Waals surface area contributed by atoms with Gasteiger partial charge in [-0.05, 0) is 38.7 Å². The lowest BCUT2D eigenvalue weighted by molar-refractivity contribution is -0.119. The van der Waals surface area contributed by atoms with E-state index < -0.39 is 23.0 Å². The van der Waals surface area contributed by atoms with E-state index in [1.165, 1.54) is 13.1 Å².